The Balaban J connectivity index is 2.62. The second-order valence-electron chi connectivity index (χ2n) is 4.36. The molecule has 6 nitrogen and oxygen atoms in total. The zero-order chi connectivity index (χ0) is 13.7. The van der Waals surface area contributed by atoms with Gasteiger partial charge in [0.25, 0.3) is 5.69 Å². The largest absolute Gasteiger partial charge is 0.480 e. The summed E-state index contributed by atoms with van der Waals surface area (Å²) < 4.78 is 0. The third-order valence-corrected chi connectivity index (χ3v) is 2.61. The van der Waals surface area contributed by atoms with Crippen molar-refractivity contribution in [3.8, 4) is 0 Å². The lowest BCUT2D eigenvalue weighted by molar-refractivity contribution is -0.384. The molecule has 0 spiro atoms. The van der Waals surface area contributed by atoms with E-state index in [-0.39, 0.29) is 11.6 Å². The quantitative estimate of drug-likeness (QED) is 0.594. The van der Waals surface area contributed by atoms with Gasteiger partial charge in [-0.25, -0.2) is 0 Å². The number of nitro groups is 1. The summed E-state index contributed by atoms with van der Waals surface area (Å²) in [6, 6.07) is 5.42. The number of nitro benzene ring substituents is 1. The van der Waals surface area contributed by atoms with E-state index >= 15 is 0 Å². The van der Waals surface area contributed by atoms with Crippen molar-refractivity contribution in [2.24, 2.45) is 5.92 Å². The van der Waals surface area contributed by atoms with Gasteiger partial charge in [-0.2, -0.15) is 0 Å². The second-order valence-corrected chi connectivity index (χ2v) is 4.36. The topological polar surface area (TPSA) is 92.5 Å². The van der Waals surface area contributed by atoms with E-state index in [1.165, 1.54) is 12.1 Å². The predicted octanol–water partition coefficient (Wildman–Crippen LogP) is 1.79. The van der Waals surface area contributed by atoms with E-state index in [0.717, 1.165) is 5.56 Å². The molecule has 0 fully saturated rings. The minimum atomic E-state index is -0.896. The van der Waals surface area contributed by atoms with Crippen LogP contribution in [0.1, 0.15) is 19.4 Å². The monoisotopic (exact) mass is 252 g/mol. The fraction of sp³-hybridized carbons (Fsp3) is 0.417. The maximum Gasteiger partial charge on any atom is 0.320 e. The number of carboxylic acids is 1. The van der Waals surface area contributed by atoms with Crippen LogP contribution in [0.4, 0.5) is 5.69 Å². The zero-order valence-electron chi connectivity index (χ0n) is 10.3. The van der Waals surface area contributed by atoms with Gasteiger partial charge in [0.1, 0.15) is 6.04 Å². The van der Waals surface area contributed by atoms with E-state index in [4.69, 9.17) is 5.11 Å². The van der Waals surface area contributed by atoms with E-state index in [1.807, 2.05) is 13.8 Å². The number of benzene rings is 1. The van der Waals surface area contributed by atoms with Crippen LogP contribution in [0, 0.1) is 16.0 Å². The average molecular weight is 252 g/mol. The Bertz CT molecular complexity index is 428. The van der Waals surface area contributed by atoms with Gasteiger partial charge in [-0.1, -0.05) is 26.0 Å². The molecule has 0 unspecified atom stereocenters. The normalized spacial score (nSPS) is 12.4. The number of aliphatic carboxylic acids is 1. The Morgan fingerprint density at radius 1 is 1.39 bits per heavy atom. The highest BCUT2D eigenvalue weighted by atomic mass is 16.6. The summed E-state index contributed by atoms with van der Waals surface area (Å²) in [4.78, 5) is 21.0. The van der Waals surface area contributed by atoms with Crippen LogP contribution in [-0.2, 0) is 11.3 Å². The van der Waals surface area contributed by atoms with E-state index < -0.39 is 16.9 Å². The molecule has 0 saturated carbocycles. The molecule has 0 saturated heterocycles. The SMILES string of the molecule is CC(C)[C@H](NCc1ccc([N+](=O)[O-])cc1)C(=O)O. The fourth-order valence-electron chi connectivity index (χ4n) is 1.57. The molecule has 1 aromatic carbocycles. The van der Waals surface area contributed by atoms with Gasteiger partial charge >= 0.3 is 5.97 Å². The molecular formula is C12H16N2O4. The van der Waals surface area contributed by atoms with Crippen LogP contribution in [0.25, 0.3) is 0 Å². The second kappa shape index (κ2) is 6.11. The van der Waals surface area contributed by atoms with Crippen LogP contribution in [-0.4, -0.2) is 22.0 Å². The number of nitrogens with zero attached hydrogens (tertiary/aromatic N) is 1. The first kappa shape index (κ1) is 14.1. The van der Waals surface area contributed by atoms with Gasteiger partial charge in [0, 0.05) is 18.7 Å². The third-order valence-electron chi connectivity index (χ3n) is 2.61. The highest BCUT2D eigenvalue weighted by Crippen LogP contribution is 2.12. The van der Waals surface area contributed by atoms with Gasteiger partial charge < -0.3 is 10.4 Å². The van der Waals surface area contributed by atoms with E-state index in [2.05, 4.69) is 5.32 Å². The van der Waals surface area contributed by atoms with Gasteiger partial charge in [-0.3, -0.25) is 14.9 Å². The molecule has 0 aliphatic rings. The number of carboxylic acid groups (broad SMARTS) is 1. The third kappa shape index (κ3) is 3.81. The number of rotatable bonds is 6. The molecule has 0 aromatic heterocycles. The lowest BCUT2D eigenvalue weighted by Crippen LogP contribution is -2.40. The van der Waals surface area contributed by atoms with Gasteiger partial charge in [0.2, 0.25) is 0 Å². The summed E-state index contributed by atoms with van der Waals surface area (Å²) in [5, 5.41) is 22.4. The Morgan fingerprint density at radius 2 is 1.94 bits per heavy atom. The van der Waals surface area contributed by atoms with E-state index in [0.29, 0.717) is 6.54 Å². The predicted molar refractivity (Wildman–Crippen MR) is 66.2 cm³/mol. The molecule has 1 atom stereocenters. The Kier molecular flexibility index (Phi) is 4.79. The van der Waals surface area contributed by atoms with Crippen LogP contribution in [0.3, 0.4) is 0 Å². The lowest BCUT2D eigenvalue weighted by Gasteiger charge is -2.17. The number of hydrogen-bond acceptors (Lipinski definition) is 4. The number of non-ortho nitro benzene ring substituents is 1. The first-order valence-corrected chi connectivity index (χ1v) is 5.61. The highest BCUT2D eigenvalue weighted by Gasteiger charge is 2.20. The van der Waals surface area contributed by atoms with Gasteiger partial charge in [0.05, 0.1) is 4.92 Å². The molecule has 0 aliphatic carbocycles. The number of hydrogen-bond donors (Lipinski definition) is 2. The standard InChI is InChI=1S/C12H16N2O4/c1-8(2)11(12(15)16)13-7-9-3-5-10(6-4-9)14(17)18/h3-6,8,11,13H,7H2,1-2H3,(H,15,16)/t11-/m0/s1. The maximum atomic E-state index is 11.0. The van der Waals surface area contributed by atoms with E-state index in [1.54, 1.807) is 12.1 Å². The molecule has 1 aromatic rings. The van der Waals surface area contributed by atoms with Crippen LogP contribution in [0.15, 0.2) is 24.3 Å². The number of carbonyl (C=O) groups is 1. The average Bonchev–Trinajstić information content (AvgIpc) is 2.28. The van der Waals surface area contributed by atoms with Gasteiger partial charge in [-0.15, -0.1) is 0 Å². The molecule has 0 radical (unpaired) electrons. The molecule has 0 amide bonds. The first-order valence-electron chi connectivity index (χ1n) is 5.61. The van der Waals surface area contributed by atoms with Crippen LogP contribution >= 0.6 is 0 Å². The molecule has 6 heteroatoms. The van der Waals surface area contributed by atoms with Crippen molar-refractivity contribution in [3.05, 3.63) is 39.9 Å². The maximum absolute atomic E-state index is 11.0. The van der Waals surface area contributed by atoms with Crippen LogP contribution in [0.2, 0.25) is 0 Å². The Morgan fingerprint density at radius 3 is 2.33 bits per heavy atom. The molecule has 0 heterocycles. The van der Waals surface area contributed by atoms with E-state index in [9.17, 15) is 14.9 Å². The smallest absolute Gasteiger partial charge is 0.320 e. The summed E-state index contributed by atoms with van der Waals surface area (Å²) >= 11 is 0. The van der Waals surface area contributed by atoms with Crippen LogP contribution in [0.5, 0.6) is 0 Å². The van der Waals surface area contributed by atoms with Crippen molar-refractivity contribution >= 4 is 11.7 Å². The number of nitrogens with one attached hydrogen (secondary N) is 1. The van der Waals surface area contributed by atoms with Crippen molar-refractivity contribution in [1.82, 2.24) is 5.32 Å². The molecule has 0 aliphatic heterocycles. The Hall–Kier alpha value is -1.95. The summed E-state index contributed by atoms with van der Waals surface area (Å²) in [6.45, 7) is 4.01. The van der Waals surface area contributed by atoms with Crippen molar-refractivity contribution in [3.63, 3.8) is 0 Å². The minimum absolute atomic E-state index is 0.0254. The molecule has 18 heavy (non-hydrogen) atoms. The van der Waals surface area contributed by atoms with Crippen molar-refractivity contribution in [2.45, 2.75) is 26.4 Å². The molecule has 2 N–H and O–H groups in total. The van der Waals surface area contributed by atoms with Gasteiger partial charge in [-0.05, 0) is 11.5 Å². The Labute approximate surface area is 105 Å². The minimum Gasteiger partial charge on any atom is -0.480 e. The molecule has 0 bridgehead atoms. The zero-order valence-corrected chi connectivity index (χ0v) is 10.3. The fourth-order valence-corrected chi connectivity index (χ4v) is 1.57. The highest BCUT2D eigenvalue weighted by molar-refractivity contribution is 5.73. The summed E-state index contributed by atoms with van der Waals surface area (Å²) in [5.74, 6) is -0.924. The molecule has 1 rings (SSSR count). The van der Waals surface area contributed by atoms with Crippen LogP contribution < -0.4 is 5.32 Å². The van der Waals surface area contributed by atoms with Gasteiger partial charge in [0.15, 0.2) is 0 Å². The summed E-state index contributed by atoms with van der Waals surface area (Å²) in [6.07, 6.45) is 0. The molecule has 98 valence electrons. The van der Waals surface area contributed by atoms with Crippen molar-refractivity contribution in [1.29, 1.82) is 0 Å². The lowest BCUT2D eigenvalue weighted by atomic mass is 10.0. The first-order chi connectivity index (χ1) is 8.41. The summed E-state index contributed by atoms with van der Waals surface area (Å²) in [7, 11) is 0. The van der Waals surface area contributed by atoms with Crippen molar-refractivity contribution < 1.29 is 14.8 Å². The summed E-state index contributed by atoms with van der Waals surface area (Å²) in [5.41, 5.74) is 0.838. The molecular weight excluding hydrogens is 236 g/mol. The van der Waals surface area contributed by atoms with Crippen molar-refractivity contribution in [2.75, 3.05) is 0 Å².